The normalized spacial score (nSPS) is 22.4. The van der Waals surface area contributed by atoms with Gasteiger partial charge in [-0.3, -0.25) is 0 Å². The van der Waals surface area contributed by atoms with Crippen LogP contribution < -0.4 is 10.5 Å². The first-order chi connectivity index (χ1) is 8.07. The van der Waals surface area contributed by atoms with Gasteiger partial charge < -0.3 is 5.73 Å². The van der Waals surface area contributed by atoms with Crippen molar-refractivity contribution in [2.75, 3.05) is 26.7 Å². The van der Waals surface area contributed by atoms with Gasteiger partial charge in [-0.1, -0.05) is 27.7 Å². The van der Waals surface area contributed by atoms with Crippen molar-refractivity contribution in [2.24, 2.45) is 22.5 Å². The molecule has 1 aliphatic rings. The molecule has 0 bridgehead atoms. The number of hydrogen-bond acceptors (Lipinski definition) is 3. The SMILES string of the molecule is CN(CCCN)S(=O)(=O)NCC1C(C)(C)C1(C)C. The summed E-state index contributed by atoms with van der Waals surface area (Å²) in [4.78, 5) is 0. The second kappa shape index (κ2) is 5.07. The second-order valence-electron chi connectivity index (χ2n) is 6.31. The van der Waals surface area contributed by atoms with Gasteiger partial charge in [0.2, 0.25) is 0 Å². The fraction of sp³-hybridized carbons (Fsp3) is 1.00. The van der Waals surface area contributed by atoms with E-state index in [0.29, 0.717) is 32.0 Å². The van der Waals surface area contributed by atoms with Gasteiger partial charge in [-0.05, 0) is 29.7 Å². The van der Waals surface area contributed by atoms with Gasteiger partial charge in [-0.15, -0.1) is 0 Å². The van der Waals surface area contributed by atoms with E-state index in [1.54, 1.807) is 7.05 Å². The van der Waals surface area contributed by atoms with Crippen molar-refractivity contribution in [3.8, 4) is 0 Å². The van der Waals surface area contributed by atoms with Crippen LogP contribution in [0.2, 0.25) is 0 Å². The number of nitrogens with one attached hydrogen (secondary N) is 1. The summed E-state index contributed by atoms with van der Waals surface area (Å²) in [6.07, 6.45) is 0.678. The van der Waals surface area contributed by atoms with Crippen LogP contribution in [0.5, 0.6) is 0 Å². The Morgan fingerprint density at radius 2 is 1.72 bits per heavy atom. The van der Waals surface area contributed by atoms with Crippen molar-refractivity contribution in [1.82, 2.24) is 9.03 Å². The molecule has 3 N–H and O–H groups in total. The minimum Gasteiger partial charge on any atom is -0.330 e. The van der Waals surface area contributed by atoms with Crippen LogP contribution in [0.15, 0.2) is 0 Å². The number of nitrogens with two attached hydrogens (primary N) is 1. The Bertz CT molecular complexity index is 376. The summed E-state index contributed by atoms with van der Waals surface area (Å²) in [5.74, 6) is 0.391. The fourth-order valence-corrected chi connectivity index (χ4v) is 3.54. The van der Waals surface area contributed by atoms with Crippen LogP contribution in [-0.2, 0) is 10.2 Å². The van der Waals surface area contributed by atoms with Gasteiger partial charge in [0.05, 0.1) is 0 Å². The molecule has 1 saturated carbocycles. The molecule has 0 aliphatic heterocycles. The van der Waals surface area contributed by atoms with Crippen LogP contribution >= 0.6 is 0 Å². The summed E-state index contributed by atoms with van der Waals surface area (Å²) in [6.45, 7) is 10.2. The minimum atomic E-state index is -3.36. The molecule has 0 aromatic heterocycles. The Morgan fingerprint density at radius 1 is 1.22 bits per heavy atom. The van der Waals surface area contributed by atoms with Crippen molar-refractivity contribution in [3.63, 3.8) is 0 Å². The highest BCUT2D eigenvalue weighted by Gasteiger charge is 2.64. The molecule has 0 unspecified atom stereocenters. The molecule has 6 heteroatoms. The third-order valence-electron chi connectivity index (χ3n) is 4.88. The van der Waals surface area contributed by atoms with Crippen molar-refractivity contribution >= 4 is 10.2 Å². The highest BCUT2D eigenvalue weighted by atomic mass is 32.2. The van der Waals surface area contributed by atoms with Crippen molar-refractivity contribution in [2.45, 2.75) is 34.1 Å². The van der Waals surface area contributed by atoms with Crippen LogP contribution in [0, 0.1) is 16.7 Å². The lowest BCUT2D eigenvalue weighted by Crippen LogP contribution is -2.40. The monoisotopic (exact) mass is 277 g/mol. The van der Waals surface area contributed by atoms with E-state index in [9.17, 15) is 8.42 Å². The zero-order valence-electron chi connectivity index (χ0n) is 12.2. The van der Waals surface area contributed by atoms with Gasteiger partial charge in [0.1, 0.15) is 0 Å². The van der Waals surface area contributed by atoms with Gasteiger partial charge in [-0.2, -0.15) is 12.7 Å². The molecule has 0 heterocycles. The van der Waals surface area contributed by atoms with Crippen molar-refractivity contribution in [1.29, 1.82) is 0 Å². The van der Waals surface area contributed by atoms with Crippen LogP contribution in [0.25, 0.3) is 0 Å². The topological polar surface area (TPSA) is 75.4 Å². The van der Waals surface area contributed by atoms with E-state index in [0.717, 1.165) is 0 Å². The molecular weight excluding hydrogens is 250 g/mol. The summed E-state index contributed by atoms with van der Waals surface area (Å²) < 4.78 is 28.0. The Balaban J connectivity index is 2.49. The fourth-order valence-electron chi connectivity index (χ4n) is 2.58. The maximum Gasteiger partial charge on any atom is 0.279 e. The first-order valence-corrected chi connectivity index (χ1v) is 7.92. The smallest absolute Gasteiger partial charge is 0.279 e. The van der Waals surface area contributed by atoms with Crippen LogP contribution in [0.4, 0.5) is 0 Å². The summed E-state index contributed by atoms with van der Waals surface area (Å²) in [7, 11) is -1.78. The lowest BCUT2D eigenvalue weighted by molar-refractivity contribution is 0.447. The van der Waals surface area contributed by atoms with E-state index >= 15 is 0 Å². The van der Waals surface area contributed by atoms with Gasteiger partial charge in [0, 0.05) is 20.1 Å². The standard InChI is InChI=1S/C12H27N3O2S/c1-11(2)10(12(11,3)4)9-14-18(16,17)15(5)8-6-7-13/h10,14H,6-9,13H2,1-5H3. The molecule has 5 nitrogen and oxygen atoms in total. The second-order valence-corrected chi connectivity index (χ2v) is 8.18. The molecular formula is C12H27N3O2S. The first-order valence-electron chi connectivity index (χ1n) is 6.48. The van der Waals surface area contributed by atoms with E-state index in [1.165, 1.54) is 4.31 Å². The van der Waals surface area contributed by atoms with Gasteiger partial charge >= 0.3 is 0 Å². The van der Waals surface area contributed by atoms with Gasteiger partial charge in [-0.25, -0.2) is 4.72 Å². The number of nitrogens with zero attached hydrogens (tertiary/aromatic N) is 1. The number of hydrogen-bond donors (Lipinski definition) is 2. The molecule has 0 amide bonds. The molecule has 1 fully saturated rings. The van der Waals surface area contributed by atoms with Crippen LogP contribution in [0.1, 0.15) is 34.1 Å². The van der Waals surface area contributed by atoms with Crippen LogP contribution in [0.3, 0.4) is 0 Å². The predicted molar refractivity (Wildman–Crippen MR) is 74.3 cm³/mol. The molecule has 0 saturated heterocycles. The third-order valence-corrected chi connectivity index (χ3v) is 6.41. The summed E-state index contributed by atoms with van der Waals surface area (Å²) >= 11 is 0. The van der Waals surface area contributed by atoms with Crippen LogP contribution in [-0.4, -0.2) is 39.4 Å². The number of rotatable bonds is 7. The van der Waals surface area contributed by atoms with E-state index < -0.39 is 10.2 Å². The Kier molecular flexibility index (Phi) is 4.48. The molecule has 0 spiro atoms. The highest BCUT2D eigenvalue weighted by molar-refractivity contribution is 7.87. The van der Waals surface area contributed by atoms with Crippen molar-refractivity contribution < 1.29 is 8.42 Å². The molecule has 0 atom stereocenters. The van der Waals surface area contributed by atoms with E-state index in [4.69, 9.17) is 5.73 Å². The molecule has 1 rings (SSSR count). The lowest BCUT2D eigenvalue weighted by Gasteiger charge is -2.17. The average Bonchev–Trinajstić information content (AvgIpc) is 2.63. The maximum absolute atomic E-state index is 12.0. The molecule has 0 aromatic carbocycles. The minimum absolute atomic E-state index is 0.200. The lowest BCUT2D eigenvalue weighted by atomic mass is 10.0. The molecule has 18 heavy (non-hydrogen) atoms. The predicted octanol–water partition coefficient (Wildman–Crippen LogP) is 0.784. The summed E-state index contributed by atoms with van der Waals surface area (Å²) in [6, 6.07) is 0. The van der Waals surface area contributed by atoms with E-state index in [1.807, 2.05) is 0 Å². The molecule has 1 aliphatic carbocycles. The highest BCUT2D eigenvalue weighted by Crippen LogP contribution is 2.67. The molecule has 0 aromatic rings. The maximum atomic E-state index is 12.0. The Labute approximate surface area is 111 Å². The summed E-state index contributed by atoms with van der Waals surface area (Å²) in [5, 5.41) is 0. The van der Waals surface area contributed by atoms with Gasteiger partial charge in [0.15, 0.2) is 0 Å². The largest absolute Gasteiger partial charge is 0.330 e. The summed E-state index contributed by atoms with van der Waals surface area (Å²) in [5.41, 5.74) is 5.78. The zero-order valence-corrected chi connectivity index (χ0v) is 13.0. The Hall–Kier alpha value is -0.170. The quantitative estimate of drug-likeness (QED) is 0.722. The Morgan fingerprint density at radius 3 is 2.11 bits per heavy atom. The van der Waals surface area contributed by atoms with E-state index in [-0.39, 0.29) is 10.8 Å². The zero-order chi connectivity index (χ0) is 14.2. The molecule has 0 radical (unpaired) electrons. The third kappa shape index (κ3) is 2.87. The molecule has 108 valence electrons. The van der Waals surface area contributed by atoms with Gasteiger partial charge in [0.25, 0.3) is 10.2 Å². The first kappa shape index (κ1) is 15.9. The van der Waals surface area contributed by atoms with Crippen molar-refractivity contribution in [3.05, 3.63) is 0 Å². The van der Waals surface area contributed by atoms with E-state index in [2.05, 4.69) is 32.4 Å². The average molecular weight is 277 g/mol.